The number of nitrogens with one attached hydrogen (secondary N) is 1. The van der Waals surface area contributed by atoms with E-state index in [0.29, 0.717) is 6.54 Å². The maximum atomic E-state index is 11.7. The Morgan fingerprint density at radius 2 is 2.22 bits per heavy atom. The summed E-state index contributed by atoms with van der Waals surface area (Å²) in [6, 6.07) is 8.30. The minimum absolute atomic E-state index is 0.222. The molecule has 2 heterocycles. The molecule has 0 aliphatic heterocycles. The number of fused-ring (bicyclic) bond motifs is 2. The van der Waals surface area contributed by atoms with Crippen LogP contribution in [0.5, 0.6) is 0 Å². The highest BCUT2D eigenvalue weighted by Crippen LogP contribution is 2.28. The number of para-hydroxylation sites is 2. The summed E-state index contributed by atoms with van der Waals surface area (Å²) in [6.45, 7) is 3.57. The Labute approximate surface area is 158 Å². The summed E-state index contributed by atoms with van der Waals surface area (Å²) in [5, 5.41) is 13.9. The smallest absolute Gasteiger partial charge is 0.356 e. The zero-order valence-electron chi connectivity index (χ0n) is 15.8. The van der Waals surface area contributed by atoms with E-state index in [9.17, 15) is 9.90 Å². The first kappa shape index (κ1) is 17.7. The summed E-state index contributed by atoms with van der Waals surface area (Å²) in [4.78, 5) is 22.0. The van der Waals surface area contributed by atoms with E-state index in [-0.39, 0.29) is 11.7 Å². The molecule has 0 spiro atoms. The van der Waals surface area contributed by atoms with Crippen molar-refractivity contribution in [1.82, 2.24) is 24.6 Å². The first-order valence-corrected chi connectivity index (χ1v) is 9.52. The van der Waals surface area contributed by atoms with Gasteiger partial charge in [-0.2, -0.15) is 5.10 Å². The van der Waals surface area contributed by atoms with Gasteiger partial charge in [-0.1, -0.05) is 19.1 Å². The fraction of sp³-hybridized carbons (Fsp3) is 0.450. The SMILES string of the molecule is CCCn1nc(C(=O)O)c2c1CCC(N(C)Cc1nc3ccccc3[nH]1)C2. The zero-order chi connectivity index (χ0) is 19.0. The van der Waals surface area contributed by atoms with Gasteiger partial charge < -0.3 is 10.1 Å². The zero-order valence-corrected chi connectivity index (χ0v) is 15.8. The quantitative estimate of drug-likeness (QED) is 0.699. The number of nitrogens with zero attached hydrogens (tertiary/aromatic N) is 4. The van der Waals surface area contributed by atoms with Crippen LogP contribution < -0.4 is 0 Å². The van der Waals surface area contributed by atoms with Crippen molar-refractivity contribution < 1.29 is 9.90 Å². The highest BCUT2D eigenvalue weighted by atomic mass is 16.4. The van der Waals surface area contributed by atoms with E-state index < -0.39 is 5.97 Å². The minimum atomic E-state index is -0.929. The predicted molar refractivity (Wildman–Crippen MR) is 103 cm³/mol. The third kappa shape index (κ3) is 3.35. The van der Waals surface area contributed by atoms with E-state index in [1.807, 2.05) is 28.9 Å². The lowest BCUT2D eigenvalue weighted by atomic mass is 9.90. The molecule has 7 heteroatoms. The molecule has 0 amide bonds. The topological polar surface area (TPSA) is 87.0 Å². The number of aromatic nitrogens is 4. The van der Waals surface area contributed by atoms with Gasteiger partial charge in [-0.25, -0.2) is 9.78 Å². The van der Waals surface area contributed by atoms with Crippen molar-refractivity contribution in [1.29, 1.82) is 0 Å². The van der Waals surface area contributed by atoms with Crippen molar-refractivity contribution in [3.05, 3.63) is 47.0 Å². The van der Waals surface area contributed by atoms with Gasteiger partial charge in [0.1, 0.15) is 5.82 Å². The molecule has 0 radical (unpaired) electrons. The van der Waals surface area contributed by atoms with Crippen LogP contribution in [0, 0.1) is 0 Å². The van der Waals surface area contributed by atoms with Crippen LogP contribution in [0.25, 0.3) is 11.0 Å². The van der Waals surface area contributed by atoms with Gasteiger partial charge in [0.05, 0.1) is 17.6 Å². The number of imidazole rings is 1. The molecule has 0 bridgehead atoms. The first-order chi connectivity index (χ1) is 13.1. The number of H-pyrrole nitrogens is 1. The molecule has 7 nitrogen and oxygen atoms in total. The van der Waals surface area contributed by atoms with Gasteiger partial charge in [0, 0.05) is 23.8 Å². The summed E-state index contributed by atoms with van der Waals surface area (Å²) in [7, 11) is 2.08. The molecule has 0 saturated carbocycles. The number of rotatable bonds is 6. The Kier molecular flexibility index (Phi) is 4.70. The van der Waals surface area contributed by atoms with Crippen LogP contribution in [0.15, 0.2) is 24.3 Å². The van der Waals surface area contributed by atoms with Crippen LogP contribution in [0.3, 0.4) is 0 Å². The summed E-state index contributed by atoms with van der Waals surface area (Å²) >= 11 is 0. The van der Waals surface area contributed by atoms with Gasteiger partial charge in [0.15, 0.2) is 5.69 Å². The molecule has 2 aromatic heterocycles. The number of likely N-dealkylation sites (N-methyl/N-ethyl adjacent to an activating group) is 1. The molecular formula is C20H25N5O2. The van der Waals surface area contributed by atoms with E-state index in [1.54, 1.807) is 0 Å². The monoisotopic (exact) mass is 367 g/mol. The van der Waals surface area contributed by atoms with Crippen LogP contribution in [0.1, 0.15) is 47.3 Å². The molecule has 27 heavy (non-hydrogen) atoms. The first-order valence-electron chi connectivity index (χ1n) is 9.52. The number of aryl methyl sites for hydroxylation is 1. The van der Waals surface area contributed by atoms with Crippen LogP contribution >= 0.6 is 0 Å². The third-order valence-electron chi connectivity index (χ3n) is 5.42. The fourth-order valence-corrected chi connectivity index (χ4v) is 4.06. The number of benzene rings is 1. The number of hydrogen-bond donors (Lipinski definition) is 2. The highest BCUT2D eigenvalue weighted by Gasteiger charge is 2.30. The summed E-state index contributed by atoms with van der Waals surface area (Å²) in [6.07, 6.45) is 3.53. The van der Waals surface area contributed by atoms with Crippen LogP contribution in [0.2, 0.25) is 0 Å². The lowest BCUT2D eigenvalue weighted by Crippen LogP contribution is -2.36. The second-order valence-corrected chi connectivity index (χ2v) is 7.31. The Morgan fingerprint density at radius 3 is 2.96 bits per heavy atom. The number of aromatic carboxylic acids is 1. The molecular weight excluding hydrogens is 342 g/mol. The Hall–Kier alpha value is -2.67. The molecule has 1 unspecified atom stereocenters. The maximum absolute atomic E-state index is 11.7. The lowest BCUT2D eigenvalue weighted by Gasteiger charge is -2.31. The van der Waals surface area contributed by atoms with Gasteiger partial charge in [0.25, 0.3) is 0 Å². The molecule has 142 valence electrons. The van der Waals surface area contributed by atoms with Crippen molar-refractivity contribution in [2.45, 2.75) is 51.7 Å². The van der Waals surface area contributed by atoms with E-state index in [1.165, 1.54) is 0 Å². The summed E-state index contributed by atoms with van der Waals surface area (Å²) < 4.78 is 1.90. The van der Waals surface area contributed by atoms with Crippen molar-refractivity contribution in [2.24, 2.45) is 0 Å². The average molecular weight is 367 g/mol. The molecule has 0 fully saturated rings. The normalized spacial score (nSPS) is 16.8. The van der Waals surface area contributed by atoms with Gasteiger partial charge in [-0.05, 0) is 44.9 Å². The molecule has 1 atom stereocenters. The van der Waals surface area contributed by atoms with Crippen molar-refractivity contribution in [2.75, 3.05) is 7.05 Å². The van der Waals surface area contributed by atoms with Crippen LogP contribution in [0.4, 0.5) is 0 Å². The summed E-state index contributed by atoms with van der Waals surface area (Å²) in [5.74, 6) is 0.00586. The van der Waals surface area contributed by atoms with Crippen molar-refractivity contribution in [3.8, 4) is 0 Å². The molecule has 1 aliphatic carbocycles. The van der Waals surface area contributed by atoms with E-state index >= 15 is 0 Å². The van der Waals surface area contributed by atoms with Gasteiger partial charge >= 0.3 is 5.97 Å². The van der Waals surface area contributed by atoms with Gasteiger partial charge in [0.2, 0.25) is 0 Å². The summed E-state index contributed by atoms with van der Waals surface area (Å²) in [5.41, 5.74) is 4.24. The molecule has 2 N–H and O–H groups in total. The molecule has 3 aromatic rings. The standard InChI is InChI=1S/C20H25N5O2/c1-3-10-25-17-9-8-13(11-14(17)19(23-25)20(26)27)24(2)12-18-21-15-6-4-5-7-16(15)22-18/h4-7,13H,3,8-12H2,1-2H3,(H,21,22)(H,26,27). The predicted octanol–water partition coefficient (Wildman–Crippen LogP) is 2.86. The number of carboxylic acid groups (broad SMARTS) is 1. The van der Waals surface area contributed by atoms with Crippen LogP contribution in [-0.4, -0.2) is 48.8 Å². The number of hydrogen-bond acceptors (Lipinski definition) is 4. The largest absolute Gasteiger partial charge is 0.476 e. The second kappa shape index (κ2) is 7.15. The minimum Gasteiger partial charge on any atom is -0.476 e. The van der Waals surface area contributed by atoms with Crippen molar-refractivity contribution >= 4 is 17.0 Å². The van der Waals surface area contributed by atoms with Crippen LogP contribution in [-0.2, 0) is 25.9 Å². The molecule has 4 rings (SSSR count). The number of aromatic amines is 1. The van der Waals surface area contributed by atoms with Gasteiger partial charge in [-0.15, -0.1) is 0 Å². The second-order valence-electron chi connectivity index (χ2n) is 7.31. The van der Waals surface area contributed by atoms with Gasteiger partial charge in [-0.3, -0.25) is 9.58 Å². The average Bonchev–Trinajstić information content (AvgIpc) is 3.22. The van der Waals surface area contributed by atoms with E-state index in [4.69, 9.17) is 0 Å². The van der Waals surface area contributed by atoms with E-state index in [2.05, 4.69) is 33.9 Å². The molecule has 1 aromatic carbocycles. The third-order valence-corrected chi connectivity index (χ3v) is 5.42. The number of carboxylic acids is 1. The lowest BCUT2D eigenvalue weighted by molar-refractivity contribution is 0.0687. The number of carbonyl (C=O) groups is 1. The van der Waals surface area contributed by atoms with E-state index in [0.717, 1.165) is 60.3 Å². The van der Waals surface area contributed by atoms with Crippen molar-refractivity contribution in [3.63, 3.8) is 0 Å². The highest BCUT2D eigenvalue weighted by molar-refractivity contribution is 5.87. The fourth-order valence-electron chi connectivity index (χ4n) is 4.06. The Bertz CT molecular complexity index is 941. The molecule has 0 saturated heterocycles. The Balaban J connectivity index is 1.53. The molecule has 1 aliphatic rings. The maximum Gasteiger partial charge on any atom is 0.356 e. The Morgan fingerprint density at radius 1 is 1.41 bits per heavy atom.